The maximum absolute atomic E-state index is 12.0. The van der Waals surface area contributed by atoms with Gasteiger partial charge in [-0.3, -0.25) is 4.79 Å². The lowest BCUT2D eigenvalue weighted by atomic mass is 10.2. The highest BCUT2D eigenvalue weighted by molar-refractivity contribution is 9.10. The Bertz CT molecular complexity index is 427. The third-order valence-electron chi connectivity index (χ3n) is 3.07. The van der Waals surface area contributed by atoms with Gasteiger partial charge in [0.1, 0.15) is 10.3 Å². The van der Waals surface area contributed by atoms with Crippen molar-refractivity contribution in [2.45, 2.75) is 37.5 Å². The Labute approximate surface area is 120 Å². The van der Waals surface area contributed by atoms with Gasteiger partial charge >= 0.3 is 0 Å². The summed E-state index contributed by atoms with van der Waals surface area (Å²) < 4.78 is 0.695. The topological polar surface area (TPSA) is 42.0 Å². The number of hydrogen-bond donors (Lipinski definition) is 1. The number of nitrogens with one attached hydrogen (secondary N) is 1. The average molecular weight is 329 g/mol. The van der Waals surface area contributed by atoms with Crippen molar-refractivity contribution in [3.63, 3.8) is 0 Å². The van der Waals surface area contributed by atoms with Crippen molar-refractivity contribution in [3.8, 4) is 0 Å². The van der Waals surface area contributed by atoms with E-state index in [0.29, 0.717) is 21.6 Å². The van der Waals surface area contributed by atoms with Crippen LogP contribution in [-0.4, -0.2) is 27.9 Å². The molecule has 5 heteroatoms. The molecular formula is C13H17BrN2OS. The molecule has 18 heavy (non-hydrogen) atoms. The fourth-order valence-corrected chi connectivity index (χ4v) is 3.74. The van der Waals surface area contributed by atoms with Gasteiger partial charge in [-0.25, -0.2) is 4.98 Å². The second kappa shape index (κ2) is 6.57. The number of pyridine rings is 1. The van der Waals surface area contributed by atoms with Gasteiger partial charge in [0.2, 0.25) is 0 Å². The highest BCUT2D eigenvalue weighted by Crippen LogP contribution is 2.29. The predicted octanol–water partition coefficient (Wildman–Crippen LogP) is 3.25. The highest BCUT2D eigenvalue weighted by Gasteiger charge is 2.26. The Morgan fingerprint density at radius 3 is 3.11 bits per heavy atom. The largest absolute Gasteiger partial charge is 0.348 e. The summed E-state index contributed by atoms with van der Waals surface area (Å²) in [5.41, 5.74) is 0.482. The number of thioether (sulfide) groups is 1. The normalized spacial score (nSPS) is 23.0. The van der Waals surface area contributed by atoms with Crippen molar-refractivity contribution in [3.05, 3.63) is 28.5 Å². The first-order valence-corrected chi connectivity index (χ1v) is 8.08. The molecule has 0 saturated heterocycles. The molecule has 1 amide bonds. The fraction of sp³-hybridized carbons (Fsp3) is 0.538. The Balaban J connectivity index is 1.89. The average Bonchev–Trinajstić information content (AvgIpc) is 2.77. The van der Waals surface area contributed by atoms with E-state index in [2.05, 4.69) is 33.2 Å². The van der Waals surface area contributed by atoms with E-state index in [-0.39, 0.29) is 5.91 Å². The van der Waals surface area contributed by atoms with Crippen LogP contribution in [0.15, 0.2) is 22.8 Å². The van der Waals surface area contributed by atoms with E-state index in [0.717, 1.165) is 18.6 Å². The van der Waals surface area contributed by atoms with Crippen molar-refractivity contribution in [1.29, 1.82) is 0 Å². The molecule has 1 aromatic heterocycles. The number of halogens is 1. The quantitative estimate of drug-likeness (QED) is 0.862. The van der Waals surface area contributed by atoms with E-state index in [9.17, 15) is 4.79 Å². The first-order chi connectivity index (χ1) is 8.69. The van der Waals surface area contributed by atoms with Crippen LogP contribution in [-0.2, 0) is 0 Å². The molecule has 3 nitrogen and oxygen atoms in total. The summed E-state index contributed by atoms with van der Waals surface area (Å²) in [4.78, 5) is 16.2. The summed E-state index contributed by atoms with van der Waals surface area (Å²) >= 11 is 5.27. The molecule has 98 valence electrons. The zero-order chi connectivity index (χ0) is 13.0. The standard InChI is InChI=1S/C13H17BrN2OS/c1-2-18-10-7-6-9(8-10)15-13(17)11-4-3-5-12(14)16-11/h3-5,9-10H,2,6-8H2,1H3,(H,15,17). The van der Waals surface area contributed by atoms with Crippen LogP contribution in [0.5, 0.6) is 0 Å². The van der Waals surface area contributed by atoms with Crippen LogP contribution in [0.25, 0.3) is 0 Å². The Hall–Kier alpha value is -0.550. The lowest BCUT2D eigenvalue weighted by Gasteiger charge is -2.12. The molecule has 2 unspecified atom stereocenters. The van der Waals surface area contributed by atoms with E-state index in [4.69, 9.17) is 0 Å². The molecule has 1 saturated carbocycles. The predicted molar refractivity (Wildman–Crippen MR) is 79.0 cm³/mol. The third kappa shape index (κ3) is 3.72. The van der Waals surface area contributed by atoms with Crippen molar-refractivity contribution < 1.29 is 4.79 Å². The Morgan fingerprint density at radius 1 is 1.56 bits per heavy atom. The van der Waals surface area contributed by atoms with E-state index in [1.165, 1.54) is 6.42 Å². The van der Waals surface area contributed by atoms with Gasteiger partial charge in [0.05, 0.1) is 0 Å². The van der Waals surface area contributed by atoms with Crippen LogP contribution in [0.1, 0.15) is 36.7 Å². The lowest BCUT2D eigenvalue weighted by molar-refractivity contribution is 0.0933. The first-order valence-electron chi connectivity index (χ1n) is 6.24. The number of hydrogen-bond acceptors (Lipinski definition) is 3. The SMILES string of the molecule is CCSC1CCC(NC(=O)c2cccc(Br)n2)C1. The van der Waals surface area contributed by atoms with Crippen LogP contribution in [0.2, 0.25) is 0 Å². The minimum Gasteiger partial charge on any atom is -0.348 e. The molecule has 0 aliphatic heterocycles. The first kappa shape index (κ1) is 13.9. The maximum Gasteiger partial charge on any atom is 0.270 e. The van der Waals surface area contributed by atoms with Gasteiger partial charge in [-0.1, -0.05) is 13.0 Å². The summed E-state index contributed by atoms with van der Waals surface area (Å²) in [6.45, 7) is 2.18. The van der Waals surface area contributed by atoms with E-state index in [1.54, 1.807) is 6.07 Å². The molecule has 2 rings (SSSR count). The number of amides is 1. The molecule has 2 atom stereocenters. The van der Waals surface area contributed by atoms with Gasteiger partial charge in [-0.05, 0) is 53.1 Å². The van der Waals surface area contributed by atoms with E-state index in [1.807, 2.05) is 23.9 Å². The van der Waals surface area contributed by atoms with Crippen LogP contribution < -0.4 is 5.32 Å². The summed E-state index contributed by atoms with van der Waals surface area (Å²) in [6, 6.07) is 5.70. The van der Waals surface area contributed by atoms with Crippen LogP contribution in [0.3, 0.4) is 0 Å². The van der Waals surface area contributed by atoms with Crippen molar-refractivity contribution in [2.24, 2.45) is 0 Å². The monoisotopic (exact) mass is 328 g/mol. The molecule has 1 aliphatic rings. The number of aromatic nitrogens is 1. The fourth-order valence-electron chi connectivity index (χ4n) is 2.25. The summed E-state index contributed by atoms with van der Waals surface area (Å²) in [5.74, 6) is 1.09. The van der Waals surface area contributed by atoms with Crippen LogP contribution in [0.4, 0.5) is 0 Å². The van der Waals surface area contributed by atoms with Gasteiger partial charge in [-0.15, -0.1) is 0 Å². The number of carbonyl (C=O) groups is 1. The molecule has 0 spiro atoms. The third-order valence-corrected chi connectivity index (χ3v) is 4.74. The molecule has 1 aromatic rings. The van der Waals surface area contributed by atoms with Gasteiger partial charge in [0.15, 0.2) is 0 Å². The summed E-state index contributed by atoms with van der Waals surface area (Å²) in [5, 5.41) is 3.78. The minimum absolute atomic E-state index is 0.0663. The molecule has 1 fully saturated rings. The van der Waals surface area contributed by atoms with Crippen molar-refractivity contribution >= 4 is 33.6 Å². The number of nitrogens with zero attached hydrogens (tertiary/aromatic N) is 1. The molecule has 0 aromatic carbocycles. The Kier molecular flexibility index (Phi) is 5.06. The van der Waals surface area contributed by atoms with Crippen molar-refractivity contribution in [1.82, 2.24) is 10.3 Å². The second-order valence-electron chi connectivity index (χ2n) is 4.41. The maximum atomic E-state index is 12.0. The Morgan fingerprint density at radius 2 is 2.39 bits per heavy atom. The molecular weight excluding hydrogens is 312 g/mol. The highest BCUT2D eigenvalue weighted by atomic mass is 79.9. The molecule has 0 bridgehead atoms. The van der Waals surface area contributed by atoms with Crippen LogP contribution >= 0.6 is 27.7 Å². The number of rotatable bonds is 4. The summed E-state index contributed by atoms with van der Waals surface area (Å²) in [6.07, 6.45) is 3.37. The molecule has 0 radical (unpaired) electrons. The minimum atomic E-state index is -0.0663. The number of carbonyl (C=O) groups excluding carboxylic acids is 1. The van der Waals surface area contributed by atoms with Crippen LogP contribution in [0, 0.1) is 0 Å². The zero-order valence-corrected chi connectivity index (χ0v) is 12.8. The smallest absolute Gasteiger partial charge is 0.270 e. The van der Waals surface area contributed by atoms with Crippen molar-refractivity contribution in [2.75, 3.05) is 5.75 Å². The molecule has 1 heterocycles. The van der Waals surface area contributed by atoms with Gasteiger partial charge in [0.25, 0.3) is 5.91 Å². The molecule has 1 aliphatic carbocycles. The van der Waals surface area contributed by atoms with E-state index >= 15 is 0 Å². The van der Waals surface area contributed by atoms with Gasteiger partial charge < -0.3 is 5.32 Å². The zero-order valence-electron chi connectivity index (χ0n) is 10.4. The van der Waals surface area contributed by atoms with Gasteiger partial charge in [-0.2, -0.15) is 11.8 Å². The lowest BCUT2D eigenvalue weighted by Crippen LogP contribution is -2.33. The van der Waals surface area contributed by atoms with E-state index < -0.39 is 0 Å². The van der Waals surface area contributed by atoms with Gasteiger partial charge in [0, 0.05) is 11.3 Å². The summed E-state index contributed by atoms with van der Waals surface area (Å²) in [7, 11) is 0. The molecule has 1 N–H and O–H groups in total. The second-order valence-corrected chi connectivity index (χ2v) is 6.80.